The van der Waals surface area contributed by atoms with Gasteiger partial charge in [-0.3, -0.25) is 24.0 Å². The Morgan fingerprint density at radius 2 is 1.70 bits per heavy atom. The summed E-state index contributed by atoms with van der Waals surface area (Å²) in [5.41, 5.74) is -1.53. The average molecular weight is 417 g/mol. The molecule has 11 heteroatoms. The number of piperidine rings is 1. The van der Waals surface area contributed by atoms with Crippen LogP contribution in [0.1, 0.15) is 33.6 Å². The molecule has 0 unspecified atom stereocenters. The zero-order valence-electron chi connectivity index (χ0n) is 16.8. The van der Waals surface area contributed by atoms with E-state index < -0.39 is 47.0 Å². The van der Waals surface area contributed by atoms with Crippen molar-refractivity contribution >= 4 is 35.1 Å². The second kappa shape index (κ2) is 9.25. The van der Waals surface area contributed by atoms with Crippen molar-refractivity contribution in [1.29, 1.82) is 0 Å². The second-order valence-electron chi connectivity index (χ2n) is 7.09. The monoisotopic (exact) mass is 417 g/mol. The number of rotatable bonds is 7. The summed E-state index contributed by atoms with van der Waals surface area (Å²) in [5.74, 6) is -3.23. The first-order valence-corrected chi connectivity index (χ1v) is 9.28. The number of para-hydroxylation sites is 1. The predicted octanol–water partition coefficient (Wildman–Crippen LogP) is -0.0518. The molecule has 160 valence electrons. The first kappa shape index (κ1) is 22.7. The molecule has 1 heterocycles. The summed E-state index contributed by atoms with van der Waals surface area (Å²) in [5, 5.41) is 10.4. The van der Waals surface area contributed by atoms with Crippen molar-refractivity contribution in [3.05, 3.63) is 35.2 Å². The lowest BCUT2D eigenvalue weighted by Crippen LogP contribution is -2.66. The number of nitroso groups, excluding NO2 is 1. The van der Waals surface area contributed by atoms with E-state index in [0.717, 1.165) is 0 Å². The van der Waals surface area contributed by atoms with Crippen LogP contribution in [0.15, 0.2) is 35.6 Å². The van der Waals surface area contributed by atoms with Gasteiger partial charge in [0, 0.05) is 12.8 Å². The largest absolute Gasteiger partial charge is 0.343 e. The molecule has 0 radical (unpaired) electrons. The molecule has 0 saturated carbocycles. The van der Waals surface area contributed by atoms with Gasteiger partial charge < -0.3 is 16.0 Å². The fourth-order valence-electron chi connectivity index (χ4n) is 2.85. The standard InChI is InChI=1S/C19H23N5O6/c1-11(21-18(29)19(3)14(25)9-10-15(26)22-19)16(27)20-12(2)17(28)24(23-30)13-7-5-4-6-8-13/h4-8,11-12H,9-10H2,1-3H3,(H,20,27)(H,21,29)(H,22,26)/t11-,12-,19+/m0/s1. The highest BCUT2D eigenvalue weighted by molar-refractivity contribution is 6.15. The van der Waals surface area contributed by atoms with E-state index in [2.05, 4.69) is 21.2 Å². The molecule has 0 spiro atoms. The Labute approximate surface area is 172 Å². The van der Waals surface area contributed by atoms with E-state index in [4.69, 9.17) is 0 Å². The van der Waals surface area contributed by atoms with Gasteiger partial charge in [-0.15, -0.1) is 4.91 Å². The third-order valence-corrected chi connectivity index (χ3v) is 4.74. The van der Waals surface area contributed by atoms with E-state index >= 15 is 0 Å². The summed E-state index contributed by atoms with van der Waals surface area (Å²) in [6, 6.07) is 5.71. The highest BCUT2D eigenvalue weighted by atomic mass is 16.3. The summed E-state index contributed by atoms with van der Waals surface area (Å²) < 4.78 is 0. The molecule has 3 N–H and O–H groups in total. The van der Waals surface area contributed by atoms with Crippen LogP contribution >= 0.6 is 0 Å². The van der Waals surface area contributed by atoms with Gasteiger partial charge in [0.1, 0.15) is 12.1 Å². The number of nitrogens with one attached hydrogen (secondary N) is 3. The Balaban J connectivity index is 2.00. The average Bonchev–Trinajstić information content (AvgIpc) is 2.72. The number of hydrogen-bond donors (Lipinski definition) is 3. The Bertz CT molecular complexity index is 873. The smallest absolute Gasteiger partial charge is 0.272 e. The van der Waals surface area contributed by atoms with E-state index in [1.807, 2.05) is 0 Å². The molecule has 0 aliphatic carbocycles. The van der Waals surface area contributed by atoms with Crippen LogP contribution in [0, 0.1) is 4.91 Å². The summed E-state index contributed by atoms with van der Waals surface area (Å²) in [6.45, 7) is 3.99. The van der Waals surface area contributed by atoms with Gasteiger partial charge in [-0.1, -0.05) is 18.2 Å². The first-order valence-electron chi connectivity index (χ1n) is 9.28. The molecule has 11 nitrogen and oxygen atoms in total. The number of benzene rings is 1. The summed E-state index contributed by atoms with van der Waals surface area (Å²) in [4.78, 5) is 72.1. The number of ketones is 1. The predicted molar refractivity (Wildman–Crippen MR) is 106 cm³/mol. The molecule has 0 bridgehead atoms. The van der Waals surface area contributed by atoms with Crippen LogP contribution < -0.4 is 21.0 Å². The summed E-state index contributed by atoms with van der Waals surface area (Å²) in [7, 11) is 0. The van der Waals surface area contributed by atoms with Crippen molar-refractivity contribution < 1.29 is 24.0 Å². The molecule has 1 aromatic rings. The molecule has 1 saturated heterocycles. The number of amides is 4. The van der Waals surface area contributed by atoms with E-state index in [1.54, 1.807) is 18.2 Å². The first-order chi connectivity index (χ1) is 14.1. The van der Waals surface area contributed by atoms with Crippen LogP contribution in [0.25, 0.3) is 0 Å². The van der Waals surface area contributed by atoms with Gasteiger partial charge in [-0.25, -0.2) is 0 Å². The molecule has 1 fully saturated rings. The normalized spacial score (nSPS) is 20.4. The van der Waals surface area contributed by atoms with Crippen molar-refractivity contribution in [3.63, 3.8) is 0 Å². The van der Waals surface area contributed by atoms with Crippen LogP contribution in [0.4, 0.5) is 5.69 Å². The van der Waals surface area contributed by atoms with Crippen molar-refractivity contribution in [1.82, 2.24) is 16.0 Å². The van der Waals surface area contributed by atoms with Crippen LogP contribution in [0.2, 0.25) is 0 Å². The molecule has 1 aliphatic heterocycles. The molecule has 30 heavy (non-hydrogen) atoms. The zero-order valence-corrected chi connectivity index (χ0v) is 16.8. The maximum Gasteiger partial charge on any atom is 0.272 e. The van der Waals surface area contributed by atoms with Gasteiger partial charge in [0.15, 0.2) is 11.3 Å². The topological polar surface area (TPSA) is 154 Å². The van der Waals surface area contributed by atoms with Crippen molar-refractivity contribution in [2.75, 3.05) is 5.01 Å². The minimum absolute atomic E-state index is 0.0000507. The van der Waals surface area contributed by atoms with Crippen molar-refractivity contribution in [3.8, 4) is 0 Å². The number of carbonyl (C=O) groups is 5. The van der Waals surface area contributed by atoms with Crippen molar-refractivity contribution in [2.45, 2.75) is 51.2 Å². The third kappa shape index (κ3) is 4.85. The van der Waals surface area contributed by atoms with Gasteiger partial charge in [0.2, 0.25) is 11.8 Å². The Hall–Kier alpha value is -3.63. The van der Waals surface area contributed by atoms with Gasteiger partial charge in [0.05, 0.1) is 11.0 Å². The number of Topliss-reactive ketones (excluding diaryl/α,β-unsaturated/α-hetero) is 1. The fourth-order valence-corrected chi connectivity index (χ4v) is 2.85. The maximum absolute atomic E-state index is 12.5. The summed E-state index contributed by atoms with van der Waals surface area (Å²) >= 11 is 0. The molecule has 3 atom stereocenters. The molecule has 4 amide bonds. The van der Waals surface area contributed by atoms with E-state index in [0.29, 0.717) is 5.01 Å². The fraction of sp³-hybridized carbons (Fsp3) is 0.421. The second-order valence-corrected chi connectivity index (χ2v) is 7.09. The summed E-state index contributed by atoms with van der Waals surface area (Å²) in [6.07, 6.45) is -0.0735. The van der Waals surface area contributed by atoms with Gasteiger partial charge in [0.25, 0.3) is 11.8 Å². The number of carbonyl (C=O) groups excluding carboxylic acids is 5. The van der Waals surface area contributed by atoms with E-state index in [1.165, 1.54) is 32.9 Å². The quantitative estimate of drug-likeness (QED) is 0.321. The van der Waals surface area contributed by atoms with Crippen LogP contribution in [0.5, 0.6) is 0 Å². The molecular weight excluding hydrogens is 394 g/mol. The van der Waals surface area contributed by atoms with E-state index in [9.17, 15) is 28.9 Å². The number of nitrogens with zero attached hydrogens (tertiary/aromatic N) is 2. The highest BCUT2D eigenvalue weighted by Gasteiger charge is 2.45. The Morgan fingerprint density at radius 3 is 2.30 bits per heavy atom. The minimum Gasteiger partial charge on any atom is -0.343 e. The number of hydrogen-bond acceptors (Lipinski definition) is 7. The van der Waals surface area contributed by atoms with Crippen LogP contribution in [0.3, 0.4) is 0 Å². The van der Waals surface area contributed by atoms with Crippen molar-refractivity contribution in [2.24, 2.45) is 5.29 Å². The van der Waals surface area contributed by atoms with Crippen LogP contribution in [-0.4, -0.2) is 47.0 Å². The Kier molecular flexibility index (Phi) is 6.98. The Morgan fingerprint density at radius 1 is 1.07 bits per heavy atom. The van der Waals surface area contributed by atoms with Gasteiger partial charge >= 0.3 is 0 Å². The van der Waals surface area contributed by atoms with Gasteiger partial charge in [-0.2, -0.15) is 5.01 Å². The van der Waals surface area contributed by atoms with E-state index in [-0.39, 0.29) is 18.5 Å². The SMILES string of the molecule is C[C@H](NC(=O)[C@]1(C)NC(=O)CCC1=O)C(=O)N[C@@H](C)C(=O)N(N=O)c1ccccc1. The van der Waals surface area contributed by atoms with Gasteiger partial charge in [-0.05, 0) is 32.9 Å². The lowest BCUT2D eigenvalue weighted by molar-refractivity contribution is -0.145. The number of anilines is 1. The van der Waals surface area contributed by atoms with Crippen LogP contribution in [-0.2, 0) is 24.0 Å². The molecular formula is C19H23N5O6. The maximum atomic E-state index is 12.5. The zero-order chi connectivity index (χ0) is 22.5. The highest BCUT2D eigenvalue weighted by Crippen LogP contribution is 2.17. The lowest BCUT2D eigenvalue weighted by Gasteiger charge is -2.32. The minimum atomic E-state index is -1.77. The third-order valence-electron chi connectivity index (χ3n) is 4.74. The molecule has 2 rings (SSSR count). The molecule has 1 aromatic carbocycles. The lowest BCUT2D eigenvalue weighted by atomic mass is 9.88. The molecule has 0 aromatic heterocycles. The molecule has 1 aliphatic rings.